The highest BCUT2D eigenvalue weighted by Crippen LogP contribution is 2.32. The van der Waals surface area contributed by atoms with Crippen LogP contribution in [0.2, 0.25) is 0 Å². The number of nitrogens with zero attached hydrogens (tertiary/aromatic N) is 2. The van der Waals surface area contributed by atoms with Crippen molar-refractivity contribution in [1.82, 2.24) is 9.97 Å². The highest BCUT2D eigenvalue weighted by Gasteiger charge is 2.08. The van der Waals surface area contributed by atoms with Gasteiger partial charge in [0.25, 0.3) is 0 Å². The summed E-state index contributed by atoms with van der Waals surface area (Å²) in [5.41, 5.74) is 5.01. The highest BCUT2D eigenvalue weighted by atomic mass is 32.1. The quantitative estimate of drug-likeness (QED) is 0.646. The SMILES string of the molecule is Cc1ccc(-c2csc3ncn[c]c23)cc1C. The lowest BCUT2D eigenvalue weighted by atomic mass is 10.0. The lowest BCUT2D eigenvalue weighted by molar-refractivity contribution is 1.22. The lowest BCUT2D eigenvalue weighted by Gasteiger charge is -2.03. The van der Waals surface area contributed by atoms with Gasteiger partial charge >= 0.3 is 0 Å². The summed E-state index contributed by atoms with van der Waals surface area (Å²) in [6.07, 6.45) is 4.57. The standard InChI is InChI=1S/C14H11N2S/c1-9-3-4-11(5-10(9)2)13-7-17-14-12(13)6-15-8-16-14/h3-5,7-8H,1-2H3. The highest BCUT2D eigenvalue weighted by molar-refractivity contribution is 7.17. The van der Waals surface area contributed by atoms with Crippen LogP contribution in [-0.2, 0) is 0 Å². The molecule has 2 heterocycles. The van der Waals surface area contributed by atoms with Gasteiger partial charge in [0.1, 0.15) is 17.4 Å². The lowest BCUT2D eigenvalue weighted by Crippen LogP contribution is -1.83. The molecular weight excluding hydrogens is 228 g/mol. The molecule has 0 aliphatic rings. The first-order valence-corrected chi connectivity index (χ1v) is 6.31. The summed E-state index contributed by atoms with van der Waals surface area (Å²) >= 11 is 1.64. The van der Waals surface area contributed by atoms with Gasteiger partial charge in [0.05, 0.1) is 0 Å². The first-order valence-electron chi connectivity index (χ1n) is 5.43. The van der Waals surface area contributed by atoms with Crippen molar-refractivity contribution in [3.63, 3.8) is 0 Å². The van der Waals surface area contributed by atoms with Crippen LogP contribution in [-0.4, -0.2) is 9.97 Å². The van der Waals surface area contributed by atoms with Crippen molar-refractivity contribution in [2.75, 3.05) is 0 Å². The Bertz CT molecular complexity index is 686. The number of aromatic nitrogens is 2. The summed E-state index contributed by atoms with van der Waals surface area (Å²) in [6.45, 7) is 4.26. The summed E-state index contributed by atoms with van der Waals surface area (Å²) in [5.74, 6) is 0. The fourth-order valence-corrected chi connectivity index (χ4v) is 2.71. The second kappa shape index (κ2) is 3.93. The Morgan fingerprint density at radius 2 is 2.06 bits per heavy atom. The van der Waals surface area contributed by atoms with Crippen molar-refractivity contribution >= 4 is 21.6 Å². The van der Waals surface area contributed by atoms with E-state index >= 15 is 0 Å². The van der Waals surface area contributed by atoms with E-state index in [1.165, 1.54) is 22.3 Å². The van der Waals surface area contributed by atoms with Gasteiger partial charge in [-0.25, -0.2) is 9.97 Å². The van der Waals surface area contributed by atoms with E-state index in [4.69, 9.17) is 0 Å². The van der Waals surface area contributed by atoms with Crippen LogP contribution in [0.4, 0.5) is 0 Å². The maximum atomic E-state index is 4.24. The van der Waals surface area contributed by atoms with Crippen molar-refractivity contribution in [1.29, 1.82) is 0 Å². The van der Waals surface area contributed by atoms with Crippen LogP contribution >= 0.6 is 11.3 Å². The van der Waals surface area contributed by atoms with Crippen molar-refractivity contribution in [3.8, 4) is 11.1 Å². The minimum Gasteiger partial charge on any atom is -0.234 e. The molecule has 17 heavy (non-hydrogen) atoms. The molecule has 0 atom stereocenters. The van der Waals surface area contributed by atoms with Crippen LogP contribution in [0.1, 0.15) is 11.1 Å². The Labute approximate surface area is 104 Å². The number of hydrogen-bond donors (Lipinski definition) is 0. The number of thiophene rings is 1. The topological polar surface area (TPSA) is 25.8 Å². The largest absolute Gasteiger partial charge is 0.234 e. The third-order valence-corrected chi connectivity index (χ3v) is 3.88. The fourth-order valence-electron chi connectivity index (χ4n) is 1.85. The minimum atomic E-state index is 0.994. The molecular formula is C14H11N2S. The summed E-state index contributed by atoms with van der Waals surface area (Å²) in [4.78, 5) is 9.22. The van der Waals surface area contributed by atoms with Crippen molar-refractivity contribution < 1.29 is 0 Å². The van der Waals surface area contributed by atoms with Crippen molar-refractivity contribution in [3.05, 3.63) is 47.2 Å². The van der Waals surface area contributed by atoms with Crippen LogP contribution in [0.3, 0.4) is 0 Å². The summed E-state index contributed by atoms with van der Waals surface area (Å²) in [5, 5.41) is 3.14. The van der Waals surface area contributed by atoms with E-state index in [-0.39, 0.29) is 0 Å². The maximum Gasteiger partial charge on any atom is 0.127 e. The van der Waals surface area contributed by atoms with Gasteiger partial charge in [0, 0.05) is 16.3 Å². The van der Waals surface area contributed by atoms with Gasteiger partial charge in [-0.2, -0.15) is 0 Å². The molecule has 0 unspecified atom stereocenters. The van der Waals surface area contributed by atoms with Crippen molar-refractivity contribution in [2.24, 2.45) is 0 Å². The Kier molecular flexibility index (Phi) is 2.41. The Morgan fingerprint density at radius 1 is 1.18 bits per heavy atom. The number of benzene rings is 1. The predicted octanol–water partition coefficient (Wildman–Crippen LogP) is 3.78. The first kappa shape index (κ1) is 10.4. The molecule has 0 aliphatic carbocycles. The molecule has 0 amide bonds. The summed E-state index contributed by atoms with van der Waals surface area (Å²) in [7, 11) is 0. The maximum absolute atomic E-state index is 4.24. The average Bonchev–Trinajstić information content (AvgIpc) is 2.76. The van der Waals surface area contributed by atoms with Crippen LogP contribution < -0.4 is 0 Å². The van der Waals surface area contributed by atoms with Gasteiger partial charge in [-0.3, -0.25) is 0 Å². The van der Waals surface area contributed by atoms with E-state index in [0.29, 0.717) is 0 Å². The van der Waals surface area contributed by atoms with Gasteiger partial charge in [-0.05, 0) is 30.5 Å². The molecule has 0 aliphatic heterocycles. The molecule has 0 fully saturated rings. The molecule has 0 N–H and O–H groups in total. The number of hydrogen-bond acceptors (Lipinski definition) is 3. The molecule has 3 aromatic rings. The van der Waals surface area contributed by atoms with E-state index in [0.717, 1.165) is 10.2 Å². The van der Waals surface area contributed by atoms with Gasteiger partial charge < -0.3 is 0 Å². The van der Waals surface area contributed by atoms with Gasteiger partial charge in [0.2, 0.25) is 0 Å². The predicted molar refractivity (Wildman–Crippen MR) is 71.2 cm³/mol. The normalized spacial score (nSPS) is 10.9. The molecule has 83 valence electrons. The van der Waals surface area contributed by atoms with E-state index < -0.39 is 0 Å². The number of rotatable bonds is 1. The molecule has 2 nitrogen and oxygen atoms in total. The molecule has 2 aromatic heterocycles. The molecule has 3 rings (SSSR count). The Morgan fingerprint density at radius 3 is 2.88 bits per heavy atom. The fraction of sp³-hybridized carbons (Fsp3) is 0.143. The Balaban J connectivity index is 2.24. The molecule has 1 aromatic carbocycles. The van der Waals surface area contributed by atoms with Gasteiger partial charge in [-0.15, -0.1) is 11.3 Å². The van der Waals surface area contributed by atoms with E-state index in [1.807, 2.05) is 0 Å². The third kappa shape index (κ3) is 1.72. The number of fused-ring (bicyclic) bond motifs is 1. The summed E-state index contributed by atoms with van der Waals surface area (Å²) < 4.78 is 0. The molecule has 0 bridgehead atoms. The molecule has 0 saturated heterocycles. The van der Waals surface area contributed by atoms with E-state index in [9.17, 15) is 0 Å². The zero-order valence-corrected chi connectivity index (χ0v) is 10.5. The van der Waals surface area contributed by atoms with Crippen LogP contribution in [0, 0.1) is 20.0 Å². The Hall–Kier alpha value is -1.74. The monoisotopic (exact) mass is 239 g/mol. The second-order valence-electron chi connectivity index (χ2n) is 4.11. The first-order chi connectivity index (χ1) is 8.25. The average molecular weight is 239 g/mol. The van der Waals surface area contributed by atoms with Crippen LogP contribution in [0.15, 0.2) is 29.9 Å². The molecule has 0 spiro atoms. The van der Waals surface area contributed by atoms with Gasteiger partial charge in [-0.1, -0.05) is 18.2 Å². The van der Waals surface area contributed by atoms with E-state index in [1.54, 1.807) is 17.7 Å². The van der Waals surface area contributed by atoms with E-state index in [2.05, 4.69) is 53.6 Å². The van der Waals surface area contributed by atoms with Gasteiger partial charge in [0.15, 0.2) is 0 Å². The minimum absolute atomic E-state index is 0.994. The molecule has 3 heteroatoms. The molecule has 0 saturated carbocycles. The molecule has 1 radical (unpaired) electrons. The van der Waals surface area contributed by atoms with Crippen molar-refractivity contribution in [2.45, 2.75) is 13.8 Å². The zero-order valence-electron chi connectivity index (χ0n) is 9.69. The number of aryl methyl sites for hydroxylation is 2. The summed E-state index contributed by atoms with van der Waals surface area (Å²) in [6, 6.07) is 6.50. The zero-order chi connectivity index (χ0) is 11.8. The smallest absolute Gasteiger partial charge is 0.127 e. The second-order valence-corrected chi connectivity index (χ2v) is 4.97. The third-order valence-electron chi connectivity index (χ3n) is 3.00. The van der Waals surface area contributed by atoms with Crippen LogP contribution in [0.5, 0.6) is 0 Å². The van der Waals surface area contributed by atoms with Crippen LogP contribution in [0.25, 0.3) is 21.3 Å².